The Kier molecular flexibility index (Phi) is 8.48. The molecule has 10 heteroatoms. The second-order valence-electron chi connectivity index (χ2n) is 6.08. The molecule has 0 amide bonds. The molecule has 8 nitrogen and oxygen atoms in total. The molecule has 2 heterocycles. The Labute approximate surface area is 173 Å². The van der Waals surface area contributed by atoms with Crippen LogP contribution in [0.4, 0.5) is 20.5 Å². The maximum absolute atomic E-state index is 14.6. The average Bonchev–Trinajstić information content (AvgIpc) is 3.08. The highest BCUT2D eigenvalue weighted by Crippen LogP contribution is 2.24. The van der Waals surface area contributed by atoms with Crippen LogP contribution in [0, 0.1) is 0 Å². The Morgan fingerprint density at radius 1 is 1.27 bits per heavy atom. The van der Waals surface area contributed by atoms with Crippen LogP contribution in [0.25, 0.3) is 0 Å². The standard InChI is InChI=1S/C20H25F2N5O3/c1-6-14-9-18(26-27(14)3)25-20-23-10-15(11-24-20)30-12-16(13(2)21)19(22)17(29-5)7-8-28-4/h7,9-11H,2,6,8,12H2,1,3-5H3,(H,23,24,25,26)/b17-7+,19-16+. The summed E-state index contributed by atoms with van der Waals surface area (Å²) in [5, 5.41) is 7.29. The molecule has 0 saturated heterocycles. The van der Waals surface area contributed by atoms with E-state index in [1.165, 1.54) is 32.7 Å². The fourth-order valence-electron chi connectivity index (χ4n) is 2.45. The number of halogens is 2. The van der Waals surface area contributed by atoms with Crippen molar-refractivity contribution >= 4 is 11.8 Å². The molecule has 0 spiro atoms. The van der Waals surface area contributed by atoms with Crippen LogP contribution in [0.3, 0.4) is 0 Å². The molecule has 2 aromatic heterocycles. The molecule has 0 unspecified atom stereocenters. The molecule has 30 heavy (non-hydrogen) atoms. The third-order valence-electron chi connectivity index (χ3n) is 4.05. The molecule has 0 fully saturated rings. The third-order valence-corrected chi connectivity index (χ3v) is 4.05. The maximum atomic E-state index is 14.6. The molecule has 2 aromatic rings. The summed E-state index contributed by atoms with van der Waals surface area (Å²) >= 11 is 0. The zero-order chi connectivity index (χ0) is 22.1. The van der Waals surface area contributed by atoms with E-state index in [-0.39, 0.29) is 23.7 Å². The fraction of sp³-hybridized carbons (Fsp3) is 0.350. The summed E-state index contributed by atoms with van der Waals surface area (Å²) in [5.74, 6) is -0.936. The van der Waals surface area contributed by atoms with Gasteiger partial charge in [0.2, 0.25) is 5.95 Å². The van der Waals surface area contributed by atoms with Crippen LogP contribution in [0.5, 0.6) is 5.75 Å². The van der Waals surface area contributed by atoms with E-state index in [0.717, 1.165) is 12.1 Å². The molecule has 0 saturated carbocycles. The summed E-state index contributed by atoms with van der Waals surface area (Å²) in [4.78, 5) is 8.25. The van der Waals surface area contributed by atoms with E-state index in [9.17, 15) is 8.78 Å². The van der Waals surface area contributed by atoms with Crippen molar-refractivity contribution in [3.05, 3.63) is 59.8 Å². The minimum absolute atomic E-state index is 0.0990. The number of hydrogen-bond donors (Lipinski definition) is 1. The van der Waals surface area contributed by atoms with E-state index in [1.807, 2.05) is 20.0 Å². The number of nitrogens with one attached hydrogen (secondary N) is 1. The molecule has 1 N–H and O–H groups in total. The van der Waals surface area contributed by atoms with E-state index in [2.05, 4.69) is 27.0 Å². The molecule has 0 atom stereocenters. The normalized spacial score (nSPS) is 12.4. The summed E-state index contributed by atoms with van der Waals surface area (Å²) in [6.45, 7) is 4.86. The van der Waals surface area contributed by atoms with Gasteiger partial charge in [-0.25, -0.2) is 18.7 Å². The minimum atomic E-state index is -0.978. The van der Waals surface area contributed by atoms with Gasteiger partial charge in [-0.15, -0.1) is 0 Å². The summed E-state index contributed by atoms with van der Waals surface area (Å²) in [6, 6.07) is 1.89. The molecule has 0 aliphatic heterocycles. The number of ether oxygens (including phenoxy) is 3. The topological polar surface area (TPSA) is 83.3 Å². The lowest BCUT2D eigenvalue weighted by Gasteiger charge is -2.11. The zero-order valence-corrected chi connectivity index (χ0v) is 17.4. The van der Waals surface area contributed by atoms with Gasteiger partial charge >= 0.3 is 0 Å². The summed E-state index contributed by atoms with van der Waals surface area (Å²) in [7, 11) is 4.56. The third kappa shape index (κ3) is 6.11. The van der Waals surface area contributed by atoms with E-state index in [0.29, 0.717) is 11.8 Å². The number of aromatic nitrogens is 4. The van der Waals surface area contributed by atoms with Crippen molar-refractivity contribution in [2.24, 2.45) is 7.05 Å². The fourth-order valence-corrected chi connectivity index (χ4v) is 2.45. The van der Waals surface area contributed by atoms with Gasteiger partial charge in [0, 0.05) is 25.9 Å². The van der Waals surface area contributed by atoms with Crippen molar-refractivity contribution in [1.29, 1.82) is 0 Å². The highest BCUT2D eigenvalue weighted by Gasteiger charge is 2.17. The number of methoxy groups -OCH3 is 2. The van der Waals surface area contributed by atoms with E-state index >= 15 is 0 Å². The van der Waals surface area contributed by atoms with Crippen molar-refractivity contribution in [2.45, 2.75) is 13.3 Å². The number of nitrogens with zero attached hydrogens (tertiary/aromatic N) is 4. The predicted octanol–water partition coefficient (Wildman–Crippen LogP) is 3.78. The van der Waals surface area contributed by atoms with E-state index in [4.69, 9.17) is 14.2 Å². The molecule has 0 aliphatic rings. The SMILES string of the molecule is C=C(F)/C(COc1cnc(Nc2cc(CC)n(C)n2)nc1)=C(F)\C(=C/COC)OC. The van der Waals surface area contributed by atoms with Gasteiger partial charge in [0.05, 0.1) is 31.7 Å². The first-order valence-corrected chi connectivity index (χ1v) is 9.11. The van der Waals surface area contributed by atoms with E-state index in [1.54, 1.807) is 4.68 Å². The van der Waals surface area contributed by atoms with Crippen molar-refractivity contribution in [3.63, 3.8) is 0 Å². The van der Waals surface area contributed by atoms with Gasteiger partial charge in [0.15, 0.2) is 23.2 Å². The van der Waals surface area contributed by atoms with Crippen LogP contribution in [0.1, 0.15) is 12.6 Å². The first-order chi connectivity index (χ1) is 14.4. The van der Waals surface area contributed by atoms with Crippen molar-refractivity contribution in [3.8, 4) is 5.75 Å². The summed E-state index contributed by atoms with van der Waals surface area (Å²) in [6.07, 6.45) is 4.95. The first kappa shape index (κ1) is 23.0. The Balaban J connectivity index is 2.07. The van der Waals surface area contributed by atoms with Gasteiger partial charge in [-0.2, -0.15) is 5.10 Å². The number of aryl methyl sites for hydroxylation is 2. The molecular formula is C20H25F2N5O3. The second-order valence-corrected chi connectivity index (χ2v) is 6.08. The number of allylic oxidation sites excluding steroid dienone is 1. The van der Waals surface area contributed by atoms with Crippen LogP contribution in [0.2, 0.25) is 0 Å². The quantitative estimate of drug-likeness (QED) is 0.437. The highest BCUT2D eigenvalue weighted by molar-refractivity contribution is 5.48. The van der Waals surface area contributed by atoms with Gasteiger partial charge in [0.1, 0.15) is 12.4 Å². The van der Waals surface area contributed by atoms with Crippen molar-refractivity contribution in [2.75, 3.05) is 32.8 Å². The minimum Gasteiger partial charge on any atom is -0.494 e. The van der Waals surface area contributed by atoms with Gasteiger partial charge in [0.25, 0.3) is 0 Å². The van der Waals surface area contributed by atoms with Gasteiger partial charge < -0.3 is 19.5 Å². The summed E-state index contributed by atoms with van der Waals surface area (Å²) in [5.41, 5.74) is 0.669. The first-order valence-electron chi connectivity index (χ1n) is 9.11. The molecule has 162 valence electrons. The summed E-state index contributed by atoms with van der Waals surface area (Å²) < 4.78 is 45.3. The van der Waals surface area contributed by atoms with Gasteiger partial charge in [-0.1, -0.05) is 13.5 Å². The average molecular weight is 421 g/mol. The van der Waals surface area contributed by atoms with Crippen LogP contribution in [-0.4, -0.2) is 47.2 Å². The van der Waals surface area contributed by atoms with Gasteiger partial charge in [-0.3, -0.25) is 4.68 Å². The monoisotopic (exact) mass is 421 g/mol. The van der Waals surface area contributed by atoms with Crippen LogP contribution >= 0.6 is 0 Å². The van der Waals surface area contributed by atoms with Crippen LogP contribution < -0.4 is 10.1 Å². The van der Waals surface area contributed by atoms with E-state index < -0.39 is 18.3 Å². The zero-order valence-electron chi connectivity index (χ0n) is 17.4. The van der Waals surface area contributed by atoms with Crippen LogP contribution in [-0.2, 0) is 22.9 Å². The number of anilines is 2. The predicted molar refractivity (Wildman–Crippen MR) is 109 cm³/mol. The number of rotatable bonds is 11. The van der Waals surface area contributed by atoms with Gasteiger partial charge in [-0.05, 0) is 12.5 Å². The molecule has 0 bridgehead atoms. The lowest BCUT2D eigenvalue weighted by Crippen LogP contribution is -2.07. The number of hydrogen-bond acceptors (Lipinski definition) is 7. The molecule has 0 aromatic carbocycles. The van der Waals surface area contributed by atoms with Crippen molar-refractivity contribution < 1.29 is 23.0 Å². The second kappa shape index (κ2) is 11.1. The highest BCUT2D eigenvalue weighted by atomic mass is 19.1. The molecule has 0 radical (unpaired) electrons. The Morgan fingerprint density at radius 3 is 2.50 bits per heavy atom. The molecular weight excluding hydrogens is 396 g/mol. The maximum Gasteiger partial charge on any atom is 0.228 e. The Hall–Kier alpha value is -3.27. The van der Waals surface area contributed by atoms with Crippen molar-refractivity contribution in [1.82, 2.24) is 19.7 Å². The lowest BCUT2D eigenvalue weighted by atomic mass is 10.2. The lowest BCUT2D eigenvalue weighted by molar-refractivity contribution is 0.221. The Morgan fingerprint density at radius 2 is 1.97 bits per heavy atom. The smallest absolute Gasteiger partial charge is 0.228 e. The van der Waals surface area contributed by atoms with Crippen LogP contribution in [0.15, 0.2) is 54.1 Å². The molecule has 0 aliphatic carbocycles. The molecule has 2 rings (SSSR count). The Bertz CT molecular complexity index is 923. The largest absolute Gasteiger partial charge is 0.494 e.